The molecule has 2 fully saturated rings. The summed E-state index contributed by atoms with van der Waals surface area (Å²) in [5.41, 5.74) is -5.98. The summed E-state index contributed by atoms with van der Waals surface area (Å²) in [6.45, 7) is -0.299. The normalized spacial score (nSPS) is 21.2. The Balaban J connectivity index is 1.38. The number of hydrogen-bond donors (Lipinski definition) is 3. The Morgan fingerprint density at radius 1 is 1.11 bits per heavy atom. The minimum Gasteiger partial charge on any atom is -0.496 e. The molecule has 3 N–H and O–H groups in total. The van der Waals surface area contributed by atoms with Crippen molar-refractivity contribution >= 4 is 33.3 Å². The lowest BCUT2D eigenvalue weighted by Gasteiger charge is -2.31. The standard InChI is InChI=1S/C28H26F4N4O7S/c1-43-22-12-20(29)16(13-36-21(27(39)40)7-8-33-36)10-19(22)25(37)35-24-15-6-5-14(9-15)23(24)26(38)34-17-3-2-4-18(11-17)44(41,42)28(30,31)32/h2-4,7-8,10-12,14-15,23-24H,5-6,9,13H2,1H3,(H,34,38)(H,35,37)(H,39,40)/t14-,15+,23+,24-/m1/s1. The molecule has 5 rings (SSSR count). The highest BCUT2D eigenvalue weighted by Crippen LogP contribution is 2.49. The molecule has 0 unspecified atom stereocenters. The number of alkyl halides is 3. The van der Waals surface area contributed by atoms with Gasteiger partial charge in [-0.25, -0.2) is 17.6 Å². The van der Waals surface area contributed by atoms with Gasteiger partial charge >= 0.3 is 11.5 Å². The van der Waals surface area contributed by atoms with Crippen LogP contribution in [0.1, 0.15) is 45.7 Å². The van der Waals surface area contributed by atoms with Gasteiger partial charge in [0.15, 0.2) is 0 Å². The van der Waals surface area contributed by atoms with Crippen LogP contribution < -0.4 is 15.4 Å². The van der Waals surface area contributed by atoms with Crippen LogP contribution in [0.25, 0.3) is 0 Å². The van der Waals surface area contributed by atoms with Gasteiger partial charge < -0.3 is 20.5 Å². The molecule has 2 aliphatic rings. The van der Waals surface area contributed by atoms with Crippen molar-refractivity contribution < 1.29 is 50.2 Å². The number of carbonyl (C=O) groups is 3. The Labute approximate surface area is 248 Å². The van der Waals surface area contributed by atoms with Crippen molar-refractivity contribution in [2.45, 2.75) is 42.3 Å². The van der Waals surface area contributed by atoms with E-state index in [1.54, 1.807) is 0 Å². The zero-order valence-corrected chi connectivity index (χ0v) is 23.8. The molecule has 2 aromatic carbocycles. The number of anilines is 1. The zero-order valence-electron chi connectivity index (χ0n) is 23.0. The highest BCUT2D eigenvalue weighted by Gasteiger charge is 2.52. The number of fused-ring (bicyclic) bond motifs is 2. The van der Waals surface area contributed by atoms with E-state index in [1.807, 2.05) is 0 Å². The first-order valence-electron chi connectivity index (χ1n) is 13.4. The van der Waals surface area contributed by atoms with Gasteiger partial charge in [0.05, 0.1) is 30.0 Å². The maximum atomic E-state index is 14.9. The van der Waals surface area contributed by atoms with Gasteiger partial charge in [-0.15, -0.1) is 0 Å². The maximum Gasteiger partial charge on any atom is 0.501 e. The fourth-order valence-corrected chi connectivity index (χ4v) is 6.88. The second-order valence-electron chi connectivity index (χ2n) is 10.6. The molecule has 0 radical (unpaired) electrons. The summed E-state index contributed by atoms with van der Waals surface area (Å²) in [4.78, 5) is 37.4. The molecular formula is C28H26F4N4O7S. The Morgan fingerprint density at radius 2 is 1.84 bits per heavy atom. The molecular weight excluding hydrogens is 612 g/mol. The molecule has 2 saturated carbocycles. The van der Waals surface area contributed by atoms with Gasteiger partial charge in [-0.1, -0.05) is 6.07 Å². The number of amides is 2. The summed E-state index contributed by atoms with van der Waals surface area (Å²) in [6, 6.07) is 6.59. The molecule has 3 aromatic rings. The van der Waals surface area contributed by atoms with Crippen molar-refractivity contribution in [3.8, 4) is 5.75 Å². The first-order valence-corrected chi connectivity index (χ1v) is 14.8. The molecule has 4 atom stereocenters. The van der Waals surface area contributed by atoms with Gasteiger partial charge in [0.2, 0.25) is 5.91 Å². The first-order chi connectivity index (χ1) is 20.7. The molecule has 1 heterocycles. The molecule has 11 nitrogen and oxygen atoms in total. The summed E-state index contributed by atoms with van der Waals surface area (Å²) in [5.74, 6) is -4.45. The van der Waals surface area contributed by atoms with Crippen LogP contribution in [-0.4, -0.2) is 59.7 Å². The molecule has 234 valence electrons. The largest absolute Gasteiger partial charge is 0.501 e. The highest BCUT2D eigenvalue weighted by molar-refractivity contribution is 7.92. The van der Waals surface area contributed by atoms with Crippen LogP contribution in [0, 0.1) is 23.6 Å². The number of aromatic nitrogens is 2. The first kappa shape index (κ1) is 31.0. The number of nitrogens with zero attached hydrogens (tertiary/aromatic N) is 2. The average molecular weight is 639 g/mol. The Kier molecular flexibility index (Phi) is 8.13. The third kappa shape index (κ3) is 5.73. The molecule has 2 aliphatic carbocycles. The second kappa shape index (κ2) is 11.6. The average Bonchev–Trinajstić information content (AvgIpc) is 3.70. The van der Waals surface area contributed by atoms with Crippen molar-refractivity contribution in [3.63, 3.8) is 0 Å². The number of carboxylic acids is 1. The number of hydrogen-bond acceptors (Lipinski definition) is 7. The fourth-order valence-electron chi connectivity index (χ4n) is 6.07. The van der Waals surface area contributed by atoms with E-state index in [0.29, 0.717) is 19.3 Å². The van der Waals surface area contributed by atoms with E-state index in [-0.39, 0.29) is 46.6 Å². The number of benzene rings is 2. The van der Waals surface area contributed by atoms with Gasteiger partial charge in [-0.3, -0.25) is 14.3 Å². The van der Waals surface area contributed by atoms with Gasteiger partial charge in [-0.05, 0) is 61.4 Å². The summed E-state index contributed by atoms with van der Waals surface area (Å²) in [6.07, 6.45) is 3.23. The third-order valence-corrected chi connectivity index (χ3v) is 9.59. The summed E-state index contributed by atoms with van der Waals surface area (Å²) < 4.78 is 84.0. The summed E-state index contributed by atoms with van der Waals surface area (Å²) in [7, 11) is -4.40. The van der Waals surface area contributed by atoms with Gasteiger partial charge in [0.1, 0.15) is 17.3 Å². The van der Waals surface area contributed by atoms with Crippen molar-refractivity contribution in [2.75, 3.05) is 12.4 Å². The van der Waals surface area contributed by atoms with Crippen molar-refractivity contribution in [3.05, 3.63) is 71.3 Å². The number of carbonyl (C=O) groups excluding carboxylic acids is 2. The number of aromatic carboxylic acids is 1. The SMILES string of the molecule is COc1cc(F)c(Cn2nccc2C(=O)O)cc1C(=O)N[C@@H]1[C@H]2CC[C@H](C2)[C@@H]1C(=O)Nc1cccc(S(=O)(=O)C(F)(F)F)c1. The lowest BCUT2D eigenvalue weighted by molar-refractivity contribution is -0.122. The van der Waals surface area contributed by atoms with E-state index in [1.165, 1.54) is 31.5 Å². The Bertz CT molecular complexity index is 1740. The van der Waals surface area contributed by atoms with Crippen LogP contribution in [0.3, 0.4) is 0 Å². The topological polar surface area (TPSA) is 157 Å². The lowest BCUT2D eigenvalue weighted by Crippen LogP contribution is -2.48. The maximum absolute atomic E-state index is 14.9. The predicted molar refractivity (Wildman–Crippen MR) is 145 cm³/mol. The van der Waals surface area contributed by atoms with Crippen LogP contribution >= 0.6 is 0 Å². The fraction of sp³-hybridized carbons (Fsp3) is 0.357. The number of ether oxygens (including phenoxy) is 1. The number of carboxylic acid groups (broad SMARTS) is 1. The molecule has 2 bridgehead atoms. The monoisotopic (exact) mass is 638 g/mol. The smallest absolute Gasteiger partial charge is 0.496 e. The minimum absolute atomic E-state index is 0.0434. The predicted octanol–water partition coefficient (Wildman–Crippen LogP) is 3.85. The molecule has 0 spiro atoms. The molecule has 44 heavy (non-hydrogen) atoms. The van der Waals surface area contributed by atoms with E-state index < -0.39 is 55.8 Å². The number of rotatable bonds is 9. The van der Waals surface area contributed by atoms with E-state index in [2.05, 4.69) is 15.7 Å². The third-order valence-electron chi connectivity index (χ3n) is 8.10. The quantitative estimate of drug-likeness (QED) is 0.299. The van der Waals surface area contributed by atoms with Gasteiger partial charge in [-0.2, -0.15) is 18.3 Å². The van der Waals surface area contributed by atoms with E-state index in [9.17, 15) is 45.5 Å². The van der Waals surface area contributed by atoms with E-state index in [0.717, 1.165) is 28.9 Å². The second-order valence-corrected chi connectivity index (χ2v) is 12.6. The van der Waals surface area contributed by atoms with Crippen molar-refractivity contribution in [1.29, 1.82) is 0 Å². The highest BCUT2D eigenvalue weighted by atomic mass is 32.2. The minimum atomic E-state index is -5.64. The van der Waals surface area contributed by atoms with Crippen LogP contribution in [-0.2, 0) is 21.2 Å². The van der Waals surface area contributed by atoms with E-state index in [4.69, 9.17) is 4.74 Å². The van der Waals surface area contributed by atoms with Gasteiger partial charge in [0, 0.05) is 29.6 Å². The van der Waals surface area contributed by atoms with Crippen LogP contribution in [0.4, 0.5) is 23.2 Å². The van der Waals surface area contributed by atoms with Crippen molar-refractivity contribution in [1.82, 2.24) is 15.1 Å². The number of sulfone groups is 1. The Morgan fingerprint density at radius 3 is 2.52 bits per heavy atom. The molecule has 16 heteroatoms. The number of methoxy groups -OCH3 is 1. The van der Waals surface area contributed by atoms with Crippen molar-refractivity contribution in [2.24, 2.45) is 17.8 Å². The molecule has 2 amide bonds. The van der Waals surface area contributed by atoms with Crippen LogP contribution in [0.5, 0.6) is 5.75 Å². The van der Waals surface area contributed by atoms with E-state index >= 15 is 0 Å². The van der Waals surface area contributed by atoms with Crippen LogP contribution in [0.2, 0.25) is 0 Å². The molecule has 0 aliphatic heterocycles. The van der Waals surface area contributed by atoms with Crippen LogP contribution in [0.15, 0.2) is 53.6 Å². The number of halogens is 4. The summed E-state index contributed by atoms with van der Waals surface area (Å²) in [5, 5.41) is 18.6. The summed E-state index contributed by atoms with van der Waals surface area (Å²) >= 11 is 0. The molecule has 0 saturated heterocycles. The lowest BCUT2D eigenvalue weighted by atomic mass is 9.83. The number of nitrogens with one attached hydrogen (secondary N) is 2. The zero-order chi connectivity index (χ0) is 32.0. The molecule has 1 aromatic heterocycles. The van der Waals surface area contributed by atoms with Gasteiger partial charge in [0.25, 0.3) is 15.7 Å². The Hall–Kier alpha value is -4.47.